The molecular weight excluding hydrogens is 299 g/mol. The first-order chi connectivity index (χ1) is 7.40. The van der Waals surface area contributed by atoms with Crippen molar-refractivity contribution in [2.45, 2.75) is 28.9 Å². The molecule has 0 bridgehead atoms. The third-order valence-corrected chi connectivity index (χ3v) is 3.24. The lowest BCUT2D eigenvalue weighted by atomic mass is 10.5. The molecule has 2 atom stereocenters. The van der Waals surface area contributed by atoms with Crippen molar-refractivity contribution in [3.63, 3.8) is 0 Å². The van der Waals surface area contributed by atoms with E-state index in [1.165, 1.54) is 0 Å². The molecule has 8 heteroatoms. The van der Waals surface area contributed by atoms with Gasteiger partial charge in [0.25, 0.3) is 0 Å². The van der Waals surface area contributed by atoms with E-state index in [9.17, 15) is 4.79 Å². The van der Waals surface area contributed by atoms with Crippen molar-refractivity contribution >= 4 is 52.7 Å². The quantitative estimate of drug-likeness (QED) is 0.591. The van der Waals surface area contributed by atoms with Crippen molar-refractivity contribution in [1.82, 2.24) is 0 Å². The van der Waals surface area contributed by atoms with Gasteiger partial charge in [0.2, 0.25) is 10.1 Å². The van der Waals surface area contributed by atoms with Crippen LogP contribution in [0, 0.1) is 0 Å². The maximum atomic E-state index is 11.1. The summed E-state index contributed by atoms with van der Waals surface area (Å²) in [5, 5.41) is 0. The summed E-state index contributed by atoms with van der Waals surface area (Å²) in [5.41, 5.74) is 0.0611. The molecule has 0 aromatic carbocycles. The number of carbonyl (C=O) groups excluding carboxylic acids is 1. The Hall–Kier alpha value is 0.450. The topological polar surface area (TPSA) is 44.8 Å². The molecule has 1 aliphatic heterocycles. The predicted octanol–water partition coefficient (Wildman–Crippen LogP) is 3.34. The van der Waals surface area contributed by atoms with Crippen LogP contribution in [0.4, 0.5) is 4.79 Å². The van der Waals surface area contributed by atoms with Crippen LogP contribution in [0.3, 0.4) is 0 Å². The van der Waals surface area contributed by atoms with Crippen molar-refractivity contribution in [3.8, 4) is 0 Å². The van der Waals surface area contributed by atoms with Gasteiger partial charge >= 0.3 is 6.16 Å². The van der Waals surface area contributed by atoms with E-state index in [-0.39, 0.29) is 12.0 Å². The molecule has 1 saturated heterocycles. The first-order valence-electron chi connectivity index (χ1n) is 4.58. The lowest BCUT2D eigenvalue weighted by molar-refractivity contribution is -0.106. The maximum Gasteiger partial charge on any atom is 0.510 e. The van der Waals surface area contributed by atoms with Crippen LogP contribution in [0.2, 0.25) is 0 Å². The molecule has 94 valence electrons. The molecule has 0 radical (unpaired) electrons. The van der Waals surface area contributed by atoms with Gasteiger partial charge in [-0.2, -0.15) is 0 Å². The molecule has 4 nitrogen and oxygen atoms in total. The molecule has 1 heterocycles. The van der Waals surface area contributed by atoms with Gasteiger partial charge in [-0.3, -0.25) is 0 Å². The highest BCUT2D eigenvalue weighted by molar-refractivity contribution is 8.00. The van der Waals surface area contributed by atoms with Crippen LogP contribution in [0.25, 0.3) is 0 Å². The molecule has 0 spiro atoms. The molecule has 1 fully saturated rings. The van der Waals surface area contributed by atoms with Crippen molar-refractivity contribution in [2.75, 3.05) is 12.4 Å². The van der Waals surface area contributed by atoms with Gasteiger partial charge in [-0.25, -0.2) is 4.79 Å². The summed E-state index contributed by atoms with van der Waals surface area (Å²) >= 11 is 17.8. The van der Waals surface area contributed by atoms with Crippen LogP contribution in [0.1, 0.15) is 13.3 Å². The van der Waals surface area contributed by atoms with E-state index in [1.807, 2.05) is 6.92 Å². The normalized spacial score (nSPS) is 25.5. The first kappa shape index (κ1) is 14.5. The summed E-state index contributed by atoms with van der Waals surface area (Å²) in [6.45, 7) is 1.63. The highest BCUT2D eigenvalue weighted by Gasteiger charge is 2.29. The highest BCUT2D eigenvalue weighted by Crippen LogP contribution is 2.29. The SMILES string of the molecule is CCC1OC(OC(=O)OCC(Cl)(Cl)Cl)CS1. The van der Waals surface area contributed by atoms with E-state index in [2.05, 4.69) is 4.74 Å². The Morgan fingerprint density at radius 1 is 1.56 bits per heavy atom. The predicted molar refractivity (Wildman–Crippen MR) is 64.1 cm³/mol. The Balaban J connectivity index is 2.20. The van der Waals surface area contributed by atoms with Crippen molar-refractivity contribution in [3.05, 3.63) is 0 Å². The fraction of sp³-hybridized carbons (Fsp3) is 0.875. The number of carbonyl (C=O) groups is 1. The summed E-state index contributed by atoms with van der Waals surface area (Å²) in [6, 6.07) is 0. The zero-order valence-electron chi connectivity index (χ0n) is 8.45. The van der Waals surface area contributed by atoms with E-state index < -0.39 is 16.2 Å². The van der Waals surface area contributed by atoms with Gasteiger partial charge in [0, 0.05) is 0 Å². The molecule has 2 unspecified atom stereocenters. The molecule has 0 amide bonds. The van der Waals surface area contributed by atoms with Gasteiger partial charge < -0.3 is 14.2 Å². The zero-order valence-corrected chi connectivity index (χ0v) is 11.5. The summed E-state index contributed by atoms with van der Waals surface area (Å²) in [7, 11) is 0. The summed E-state index contributed by atoms with van der Waals surface area (Å²) < 4.78 is 13.2. The monoisotopic (exact) mass is 308 g/mol. The number of halogens is 3. The molecule has 1 aliphatic rings. The number of alkyl halides is 3. The highest BCUT2D eigenvalue weighted by atomic mass is 35.6. The average molecular weight is 310 g/mol. The fourth-order valence-electron chi connectivity index (χ4n) is 0.992. The molecule has 0 saturated carbocycles. The minimum Gasteiger partial charge on any atom is -0.430 e. The van der Waals surface area contributed by atoms with Crippen LogP contribution < -0.4 is 0 Å². The lowest BCUT2D eigenvalue weighted by Crippen LogP contribution is -2.24. The van der Waals surface area contributed by atoms with Crippen molar-refractivity contribution in [2.24, 2.45) is 0 Å². The second kappa shape index (κ2) is 6.40. The molecule has 16 heavy (non-hydrogen) atoms. The number of hydrogen-bond acceptors (Lipinski definition) is 5. The Morgan fingerprint density at radius 3 is 2.75 bits per heavy atom. The third-order valence-electron chi connectivity index (χ3n) is 1.64. The van der Waals surface area contributed by atoms with Crippen molar-refractivity contribution < 1.29 is 19.0 Å². The van der Waals surface area contributed by atoms with Gasteiger partial charge in [0.15, 0.2) is 0 Å². The average Bonchev–Trinajstić information content (AvgIpc) is 2.61. The zero-order chi connectivity index (χ0) is 12.2. The lowest BCUT2D eigenvalue weighted by Gasteiger charge is -2.14. The third kappa shape index (κ3) is 5.68. The smallest absolute Gasteiger partial charge is 0.430 e. The van der Waals surface area contributed by atoms with Gasteiger partial charge in [-0.05, 0) is 6.42 Å². The first-order valence-corrected chi connectivity index (χ1v) is 6.76. The largest absolute Gasteiger partial charge is 0.510 e. The molecule has 0 aromatic rings. The van der Waals surface area contributed by atoms with Gasteiger partial charge in [0.1, 0.15) is 12.0 Å². The second-order valence-corrected chi connectivity index (χ2v) is 6.72. The second-order valence-electron chi connectivity index (χ2n) is 3.01. The minimum atomic E-state index is -1.63. The van der Waals surface area contributed by atoms with Crippen molar-refractivity contribution in [1.29, 1.82) is 0 Å². The van der Waals surface area contributed by atoms with Gasteiger partial charge in [-0.15, -0.1) is 11.8 Å². The van der Waals surface area contributed by atoms with Crippen LogP contribution in [0.5, 0.6) is 0 Å². The number of ether oxygens (including phenoxy) is 3. The molecule has 1 rings (SSSR count). The van der Waals surface area contributed by atoms with Crippen LogP contribution in [-0.4, -0.2) is 34.0 Å². The molecule has 0 aromatic heterocycles. The molecular formula is C8H11Cl3O4S. The van der Waals surface area contributed by atoms with E-state index in [0.717, 1.165) is 6.42 Å². The number of thioether (sulfide) groups is 1. The Morgan fingerprint density at radius 2 is 2.25 bits per heavy atom. The van der Waals surface area contributed by atoms with Gasteiger partial charge in [0.05, 0.1) is 5.75 Å². The fourth-order valence-corrected chi connectivity index (χ4v) is 2.11. The molecule has 0 aliphatic carbocycles. The van der Waals surface area contributed by atoms with Crippen LogP contribution in [-0.2, 0) is 14.2 Å². The van der Waals surface area contributed by atoms with E-state index in [0.29, 0.717) is 5.75 Å². The number of hydrogen-bond donors (Lipinski definition) is 0. The standard InChI is InChI=1S/C8H11Cl3O4S/c1-2-6-14-5(3-16-6)15-7(12)13-4-8(9,10)11/h5-6H,2-4H2,1H3. The summed E-state index contributed by atoms with van der Waals surface area (Å²) in [6.07, 6.45) is -0.625. The van der Waals surface area contributed by atoms with E-state index >= 15 is 0 Å². The molecule has 0 N–H and O–H groups in total. The maximum absolute atomic E-state index is 11.1. The summed E-state index contributed by atoms with van der Waals surface area (Å²) in [4.78, 5) is 11.1. The van der Waals surface area contributed by atoms with Crippen LogP contribution in [0.15, 0.2) is 0 Å². The Bertz CT molecular complexity index is 246. The Labute approximate surface area is 113 Å². The summed E-state index contributed by atoms with van der Waals surface area (Å²) in [5.74, 6) is 0.585. The minimum absolute atomic E-state index is 0.0611. The Kier molecular flexibility index (Phi) is 5.81. The van der Waals surface area contributed by atoms with Crippen LogP contribution >= 0.6 is 46.6 Å². The van der Waals surface area contributed by atoms with Gasteiger partial charge in [-0.1, -0.05) is 41.7 Å². The van der Waals surface area contributed by atoms with E-state index in [1.54, 1.807) is 11.8 Å². The van der Waals surface area contributed by atoms with E-state index in [4.69, 9.17) is 44.3 Å². The number of rotatable bonds is 3.